The number of amides is 1. The van der Waals surface area contributed by atoms with Gasteiger partial charge in [-0.1, -0.05) is 42.5 Å². The highest BCUT2D eigenvalue weighted by Gasteiger charge is 2.16. The number of H-pyrrole nitrogens is 1. The molecule has 2 aromatic carbocycles. The quantitative estimate of drug-likeness (QED) is 0.591. The fourth-order valence-electron chi connectivity index (χ4n) is 2.86. The van der Waals surface area contributed by atoms with Crippen LogP contribution in [0.15, 0.2) is 79.1 Å². The lowest BCUT2D eigenvalue weighted by atomic mass is 10.0. The molecule has 0 atom stereocenters. The number of nitrogens with zero attached hydrogens (tertiary/aromatic N) is 2. The van der Waals surface area contributed by atoms with E-state index in [0.717, 1.165) is 33.9 Å². The molecule has 1 amide bonds. The summed E-state index contributed by atoms with van der Waals surface area (Å²) in [5.41, 5.74) is 10.3. The third-order valence-electron chi connectivity index (χ3n) is 4.14. The SMILES string of the molecule is NC(=O)c1cccc(-c2[nH]c(-c3ccccc3)nc2-c2ccncc2)c1. The van der Waals surface area contributed by atoms with Crippen LogP contribution >= 0.6 is 0 Å². The normalized spacial score (nSPS) is 10.6. The van der Waals surface area contributed by atoms with Gasteiger partial charge in [0.2, 0.25) is 5.91 Å². The van der Waals surface area contributed by atoms with E-state index in [0.29, 0.717) is 5.56 Å². The molecule has 0 spiro atoms. The van der Waals surface area contributed by atoms with Crippen LogP contribution in [0.4, 0.5) is 0 Å². The molecule has 0 saturated heterocycles. The van der Waals surface area contributed by atoms with Crippen LogP contribution in [0, 0.1) is 0 Å². The third-order valence-corrected chi connectivity index (χ3v) is 4.14. The average molecular weight is 340 g/mol. The number of pyridine rings is 1. The van der Waals surface area contributed by atoms with Crippen molar-refractivity contribution in [1.29, 1.82) is 0 Å². The van der Waals surface area contributed by atoms with Gasteiger partial charge in [-0.05, 0) is 24.3 Å². The van der Waals surface area contributed by atoms with Gasteiger partial charge < -0.3 is 10.7 Å². The Kier molecular flexibility index (Phi) is 4.03. The standard InChI is InChI=1S/C21H16N4O/c22-20(26)17-8-4-7-16(13-17)19-18(14-9-11-23-12-10-14)24-21(25-19)15-5-2-1-3-6-15/h1-13H,(H2,22,26)(H,24,25). The first-order valence-corrected chi connectivity index (χ1v) is 8.18. The molecule has 0 aliphatic carbocycles. The summed E-state index contributed by atoms with van der Waals surface area (Å²) in [6.07, 6.45) is 3.46. The van der Waals surface area contributed by atoms with E-state index in [1.54, 1.807) is 24.5 Å². The van der Waals surface area contributed by atoms with Gasteiger partial charge in [0.05, 0.1) is 11.4 Å². The van der Waals surface area contributed by atoms with Crippen molar-refractivity contribution in [2.75, 3.05) is 0 Å². The number of nitrogens with two attached hydrogens (primary N) is 1. The highest BCUT2D eigenvalue weighted by Crippen LogP contribution is 2.33. The number of primary amides is 1. The fraction of sp³-hybridized carbons (Fsp3) is 0. The average Bonchev–Trinajstić information content (AvgIpc) is 3.15. The van der Waals surface area contributed by atoms with Gasteiger partial charge in [0.25, 0.3) is 0 Å². The Balaban J connectivity index is 1.91. The molecule has 0 unspecified atom stereocenters. The Morgan fingerprint density at radius 2 is 1.58 bits per heavy atom. The number of imidazole rings is 1. The van der Waals surface area contributed by atoms with E-state index in [2.05, 4.69) is 9.97 Å². The second-order valence-corrected chi connectivity index (χ2v) is 5.86. The molecule has 126 valence electrons. The molecule has 0 aliphatic rings. The zero-order chi connectivity index (χ0) is 17.9. The largest absolute Gasteiger partial charge is 0.366 e. The Bertz CT molecular complexity index is 1060. The Hall–Kier alpha value is -3.73. The lowest BCUT2D eigenvalue weighted by Gasteiger charge is -2.04. The second kappa shape index (κ2) is 6.64. The molecule has 4 aromatic rings. The first kappa shape index (κ1) is 15.8. The molecular weight excluding hydrogens is 324 g/mol. The fourth-order valence-corrected chi connectivity index (χ4v) is 2.86. The number of benzene rings is 2. The molecular formula is C21H16N4O. The predicted octanol–water partition coefficient (Wildman–Crippen LogP) is 3.90. The van der Waals surface area contributed by atoms with Crippen LogP contribution in [0.2, 0.25) is 0 Å². The van der Waals surface area contributed by atoms with Gasteiger partial charge in [-0.3, -0.25) is 9.78 Å². The van der Waals surface area contributed by atoms with Gasteiger partial charge in [-0.2, -0.15) is 0 Å². The highest BCUT2D eigenvalue weighted by molar-refractivity contribution is 5.94. The Morgan fingerprint density at radius 1 is 0.846 bits per heavy atom. The van der Waals surface area contributed by atoms with Gasteiger partial charge in [-0.25, -0.2) is 4.98 Å². The topological polar surface area (TPSA) is 84.7 Å². The summed E-state index contributed by atoms with van der Waals surface area (Å²) in [4.78, 5) is 23.8. The molecule has 0 saturated carbocycles. The number of rotatable bonds is 4. The molecule has 3 N–H and O–H groups in total. The summed E-state index contributed by atoms with van der Waals surface area (Å²) in [6.45, 7) is 0. The smallest absolute Gasteiger partial charge is 0.248 e. The van der Waals surface area contributed by atoms with Crippen LogP contribution in [0.3, 0.4) is 0 Å². The van der Waals surface area contributed by atoms with Gasteiger partial charge in [0, 0.05) is 34.6 Å². The maximum absolute atomic E-state index is 11.6. The number of nitrogens with one attached hydrogen (secondary N) is 1. The third kappa shape index (κ3) is 2.98. The van der Waals surface area contributed by atoms with Crippen LogP contribution in [-0.2, 0) is 0 Å². The predicted molar refractivity (Wildman–Crippen MR) is 101 cm³/mol. The highest BCUT2D eigenvalue weighted by atomic mass is 16.1. The van der Waals surface area contributed by atoms with Gasteiger partial charge in [0.1, 0.15) is 5.82 Å². The Labute approximate surface area is 150 Å². The summed E-state index contributed by atoms with van der Waals surface area (Å²) in [5, 5.41) is 0. The molecule has 5 heteroatoms. The van der Waals surface area contributed by atoms with Crippen LogP contribution in [0.5, 0.6) is 0 Å². The van der Waals surface area contributed by atoms with Gasteiger partial charge in [0.15, 0.2) is 0 Å². The van der Waals surface area contributed by atoms with Crippen molar-refractivity contribution >= 4 is 5.91 Å². The van der Waals surface area contributed by atoms with E-state index in [4.69, 9.17) is 10.7 Å². The molecule has 0 radical (unpaired) electrons. The van der Waals surface area contributed by atoms with Crippen molar-refractivity contribution in [3.63, 3.8) is 0 Å². The second-order valence-electron chi connectivity index (χ2n) is 5.86. The van der Waals surface area contributed by atoms with Crippen molar-refractivity contribution in [1.82, 2.24) is 15.0 Å². The summed E-state index contributed by atoms with van der Waals surface area (Å²) >= 11 is 0. The molecule has 0 aliphatic heterocycles. The number of hydrogen-bond acceptors (Lipinski definition) is 3. The number of carbonyl (C=O) groups is 1. The minimum atomic E-state index is -0.458. The number of hydrogen-bond donors (Lipinski definition) is 2. The van der Waals surface area contributed by atoms with Gasteiger partial charge in [-0.15, -0.1) is 0 Å². The molecule has 2 aromatic heterocycles. The van der Waals surface area contributed by atoms with E-state index in [-0.39, 0.29) is 0 Å². The van der Waals surface area contributed by atoms with Crippen molar-refractivity contribution < 1.29 is 4.79 Å². The lowest BCUT2D eigenvalue weighted by Crippen LogP contribution is -2.10. The van der Waals surface area contributed by atoms with Crippen LogP contribution in [-0.4, -0.2) is 20.9 Å². The zero-order valence-electron chi connectivity index (χ0n) is 13.9. The van der Waals surface area contributed by atoms with E-state index in [1.165, 1.54) is 0 Å². The minimum Gasteiger partial charge on any atom is -0.366 e. The summed E-state index contributed by atoms with van der Waals surface area (Å²) in [5.74, 6) is 0.303. The van der Waals surface area contributed by atoms with Crippen LogP contribution < -0.4 is 5.73 Å². The molecule has 2 heterocycles. The van der Waals surface area contributed by atoms with Crippen LogP contribution in [0.25, 0.3) is 33.9 Å². The number of carbonyl (C=O) groups excluding carboxylic acids is 1. The van der Waals surface area contributed by atoms with Gasteiger partial charge >= 0.3 is 0 Å². The number of aromatic nitrogens is 3. The molecule has 0 fully saturated rings. The number of aromatic amines is 1. The first-order chi connectivity index (χ1) is 12.7. The summed E-state index contributed by atoms with van der Waals surface area (Å²) < 4.78 is 0. The van der Waals surface area contributed by atoms with Crippen molar-refractivity contribution in [2.45, 2.75) is 0 Å². The molecule has 26 heavy (non-hydrogen) atoms. The maximum atomic E-state index is 11.6. The summed E-state index contributed by atoms with van der Waals surface area (Å²) in [6, 6.07) is 20.9. The summed E-state index contributed by atoms with van der Waals surface area (Å²) in [7, 11) is 0. The Morgan fingerprint density at radius 3 is 2.31 bits per heavy atom. The first-order valence-electron chi connectivity index (χ1n) is 8.18. The lowest BCUT2D eigenvalue weighted by molar-refractivity contribution is 0.100. The van der Waals surface area contributed by atoms with E-state index in [9.17, 15) is 4.79 Å². The minimum absolute atomic E-state index is 0.457. The van der Waals surface area contributed by atoms with E-state index >= 15 is 0 Å². The molecule has 4 rings (SSSR count). The monoisotopic (exact) mass is 340 g/mol. The molecule has 5 nitrogen and oxygen atoms in total. The molecule has 0 bridgehead atoms. The van der Waals surface area contributed by atoms with Crippen molar-refractivity contribution in [2.24, 2.45) is 5.73 Å². The van der Waals surface area contributed by atoms with Crippen molar-refractivity contribution in [3.8, 4) is 33.9 Å². The van der Waals surface area contributed by atoms with Crippen molar-refractivity contribution in [3.05, 3.63) is 84.7 Å². The van der Waals surface area contributed by atoms with E-state index < -0.39 is 5.91 Å². The van der Waals surface area contributed by atoms with E-state index in [1.807, 2.05) is 54.6 Å². The zero-order valence-corrected chi connectivity index (χ0v) is 13.9. The van der Waals surface area contributed by atoms with Crippen LogP contribution in [0.1, 0.15) is 10.4 Å². The maximum Gasteiger partial charge on any atom is 0.248 e.